The normalized spacial score (nSPS) is 13.3. The maximum absolute atomic E-state index is 12.2. The zero-order chi connectivity index (χ0) is 21.3. The van der Waals surface area contributed by atoms with Crippen LogP contribution in [0.4, 0.5) is 0 Å². The molecule has 1 unspecified atom stereocenters. The molecule has 0 aliphatic rings. The molecule has 0 saturated heterocycles. The Morgan fingerprint density at radius 1 is 1.17 bits per heavy atom. The van der Waals surface area contributed by atoms with Crippen LogP contribution in [0.1, 0.15) is 31.2 Å². The Balaban J connectivity index is 2.36. The third kappa shape index (κ3) is 4.50. The van der Waals surface area contributed by atoms with Crippen LogP contribution in [-0.2, 0) is 14.3 Å². The van der Waals surface area contributed by atoms with Crippen molar-refractivity contribution in [2.75, 3.05) is 0 Å². The number of halogens is 2. The average Bonchev–Trinajstić information content (AvgIpc) is 2.66. The third-order valence-electron chi connectivity index (χ3n) is 4.71. The van der Waals surface area contributed by atoms with E-state index >= 15 is 0 Å². The van der Waals surface area contributed by atoms with E-state index in [2.05, 4.69) is 20.9 Å². The van der Waals surface area contributed by atoms with E-state index in [0.717, 1.165) is 20.9 Å². The maximum Gasteiger partial charge on any atom is 0.337 e. The lowest BCUT2D eigenvalue weighted by Crippen LogP contribution is -2.26. The number of pyridine rings is 1. The smallest absolute Gasteiger partial charge is 0.337 e. The number of Topliss-reactive ketones (excluding diaryl/α,β-unsaturated/α-hetero) is 1. The van der Waals surface area contributed by atoms with Gasteiger partial charge >= 0.3 is 5.97 Å². The summed E-state index contributed by atoms with van der Waals surface area (Å²) in [7, 11) is 0. The second kappa shape index (κ2) is 8.61. The first-order valence-electron chi connectivity index (χ1n) is 8.93. The number of fused-ring (bicyclic) bond motifs is 1. The average molecular weight is 477 g/mol. The molecule has 2 atom stereocenters. The molecule has 2 aromatic carbocycles. The zero-order valence-corrected chi connectivity index (χ0v) is 18.4. The molecule has 0 radical (unpaired) electrons. The maximum atomic E-state index is 12.2. The van der Waals surface area contributed by atoms with Gasteiger partial charge in [-0.15, -0.1) is 0 Å². The van der Waals surface area contributed by atoms with Crippen LogP contribution in [0, 0.1) is 6.92 Å². The fraction of sp³-hybridized carbons (Fsp3) is 0.227. The summed E-state index contributed by atoms with van der Waals surface area (Å²) in [5.41, 5.74) is 3.13. The molecule has 0 amide bonds. The van der Waals surface area contributed by atoms with Gasteiger partial charge in [0.2, 0.25) is 0 Å². The summed E-state index contributed by atoms with van der Waals surface area (Å²) >= 11 is 9.53. The molecule has 0 saturated carbocycles. The number of aliphatic carboxylic acids is 1. The Hall–Kier alpha value is -2.28. The number of nitrogens with zero attached hydrogens (tertiary/aromatic N) is 1. The monoisotopic (exact) mass is 475 g/mol. The van der Waals surface area contributed by atoms with Crippen LogP contribution in [0.15, 0.2) is 46.9 Å². The number of carboxylic acids is 1. The van der Waals surface area contributed by atoms with E-state index in [1.165, 1.54) is 6.92 Å². The predicted molar refractivity (Wildman–Crippen MR) is 116 cm³/mol. The quantitative estimate of drug-likeness (QED) is 0.490. The molecule has 150 valence electrons. The number of ketones is 1. The molecule has 7 heteroatoms. The van der Waals surface area contributed by atoms with Crippen LogP contribution in [-0.4, -0.2) is 27.9 Å². The predicted octanol–water partition coefficient (Wildman–Crippen LogP) is 5.75. The van der Waals surface area contributed by atoms with Gasteiger partial charge in [-0.2, -0.15) is 0 Å². The zero-order valence-electron chi connectivity index (χ0n) is 16.1. The number of carbonyl (C=O) groups is 2. The summed E-state index contributed by atoms with van der Waals surface area (Å²) < 4.78 is 6.51. The molecular weight excluding hydrogens is 458 g/mol. The topological polar surface area (TPSA) is 76.5 Å². The van der Waals surface area contributed by atoms with Crippen molar-refractivity contribution in [1.82, 2.24) is 4.98 Å². The standard InChI is InChI=1S/C22H19BrClNO4/c1-11-19(21(22(27)28)29-13(3)12(2)26)20(14-4-7-16(24)8-5-14)17-10-15(23)6-9-18(17)25-11/h4-10,13,21H,1-3H3,(H,27,28)/t13-,21?/m1/s1. The number of benzene rings is 2. The molecule has 3 aromatic rings. The van der Waals surface area contributed by atoms with Gasteiger partial charge in [0, 0.05) is 26.1 Å². The lowest BCUT2D eigenvalue weighted by molar-refractivity contribution is -0.156. The highest BCUT2D eigenvalue weighted by Crippen LogP contribution is 2.39. The van der Waals surface area contributed by atoms with E-state index in [1.54, 1.807) is 26.0 Å². The number of aromatic nitrogens is 1. The Kier molecular flexibility index (Phi) is 6.36. The van der Waals surface area contributed by atoms with Crippen molar-refractivity contribution in [3.63, 3.8) is 0 Å². The Labute approximate surface area is 181 Å². The minimum Gasteiger partial charge on any atom is -0.479 e. The van der Waals surface area contributed by atoms with Crippen molar-refractivity contribution in [2.24, 2.45) is 0 Å². The van der Waals surface area contributed by atoms with Crippen LogP contribution in [0.3, 0.4) is 0 Å². The molecule has 1 heterocycles. The van der Waals surface area contributed by atoms with Gasteiger partial charge in [0.15, 0.2) is 11.9 Å². The van der Waals surface area contributed by atoms with Crippen molar-refractivity contribution in [1.29, 1.82) is 0 Å². The van der Waals surface area contributed by atoms with Gasteiger partial charge in [0.25, 0.3) is 0 Å². The largest absolute Gasteiger partial charge is 0.479 e. The van der Waals surface area contributed by atoms with Crippen LogP contribution >= 0.6 is 27.5 Å². The van der Waals surface area contributed by atoms with Crippen molar-refractivity contribution in [3.05, 3.63) is 63.2 Å². The summed E-state index contributed by atoms with van der Waals surface area (Å²) in [5, 5.41) is 11.3. The molecule has 0 aliphatic heterocycles. The summed E-state index contributed by atoms with van der Waals surface area (Å²) in [6.07, 6.45) is -2.22. The van der Waals surface area contributed by atoms with Gasteiger partial charge in [0.1, 0.15) is 6.10 Å². The summed E-state index contributed by atoms with van der Waals surface area (Å²) in [6, 6.07) is 12.8. The van der Waals surface area contributed by atoms with Crippen molar-refractivity contribution < 1.29 is 19.4 Å². The SMILES string of the molecule is CC(=O)[C@@H](C)OC(C(=O)O)c1c(C)nc2ccc(Br)cc2c1-c1ccc(Cl)cc1. The Morgan fingerprint density at radius 2 is 1.83 bits per heavy atom. The molecule has 0 spiro atoms. The van der Waals surface area contributed by atoms with Crippen molar-refractivity contribution >= 4 is 50.2 Å². The highest BCUT2D eigenvalue weighted by Gasteiger charge is 2.31. The second-order valence-electron chi connectivity index (χ2n) is 6.76. The molecule has 5 nitrogen and oxygen atoms in total. The van der Waals surface area contributed by atoms with Crippen LogP contribution in [0.2, 0.25) is 5.02 Å². The first-order chi connectivity index (χ1) is 13.7. The van der Waals surface area contributed by atoms with E-state index in [9.17, 15) is 14.7 Å². The van der Waals surface area contributed by atoms with Crippen molar-refractivity contribution in [2.45, 2.75) is 33.0 Å². The van der Waals surface area contributed by atoms with Gasteiger partial charge in [-0.05, 0) is 62.2 Å². The molecule has 1 N–H and O–H groups in total. The number of carboxylic acid groups (broad SMARTS) is 1. The number of aryl methyl sites for hydroxylation is 1. The highest BCUT2D eigenvalue weighted by molar-refractivity contribution is 9.10. The molecular formula is C22H19BrClNO4. The van der Waals surface area contributed by atoms with Gasteiger partial charge < -0.3 is 9.84 Å². The Morgan fingerprint density at radius 3 is 2.41 bits per heavy atom. The van der Waals surface area contributed by atoms with E-state index in [1.807, 2.05) is 30.3 Å². The molecule has 1 aromatic heterocycles. The van der Waals surface area contributed by atoms with Gasteiger partial charge in [0.05, 0.1) is 5.52 Å². The lowest BCUT2D eigenvalue weighted by Gasteiger charge is -2.23. The number of hydrogen-bond acceptors (Lipinski definition) is 4. The van der Waals surface area contributed by atoms with E-state index < -0.39 is 18.2 Å². The number of hydrogen-bond donors (Lipinski definition) is 1. The highest BCUT2D eigenvalue weighted by atomic mass is 79.9. The van der Waals surface area contributed by atoms with Crippen LogP contribution in [0.25, 0.3) is 22.0 Å². The third-order valence-corrected chi connectivity index (χ3v) is 5.45. The fourth-order valence-corrected chi connectivity index (χ4v) is 3.66. The molecule has 0 bridgehead atoms. The first kappa shape index (κ1) is 21.4. The van der Waals surface area contributed by atoms with Gasteiger partial charge in [-0.25, -0.2) is 4.79 Å². The van der Waals surface area contributed by atoms with Crippen LogP contribution in [0.5, 0.6) is 0 Å². The summed E-state index contributed by atoms with van der Waals surface area (Å²) in [5.74, 6) is -1.44. The minimum absolute atomic E-state index is 0.251. The Bertz CT molecular complexity index is 1100. The van der Waals surface area contributed by atoms with Gasteiger partial charge in [-0.1, -0.05) is 39.7 Å². The molecule has 0 fully saturated rings. The number of ether oxygens (including phenoxy) is 1. The molecule has 0 aliphatic carbocycles. The summed E-state index contributed by atoms with van der Waals surface area (Å²) in [4.78, 5) is 28.5. The minimum atomic E-state index is -1.35. The molecule has 29 heavy (non-hydrogen) atoms. The first-order valence-corrected chi connectivity index (χ1v) is 10.1. The fourth-order valence-electron chi connectivity index (χ4n) is 3.17. The van der Waals surface area contributed by atoms with E-state index in [-0.39, 0.29) is 5.78 Å². The van der Waals surface area contributed by atoms with Crippen LogP contribution < -0.4 is 0 Å². The van der Waals surface area contributed by atoms with E-state index in [0.29, 0.717) is 21.8 Å². The van der Waals surface area contributed by atoms with Crippen molar-refractivity contribution in [3.8, 4) is 11.1 Å². The summed E-state index contributed by atoms with van der Waals surface area (Å²) in [6.45, 7) is 4.65. The van der Waals surface area contributed by atoms with E-state index in [4.69, 9.17) is 16.3 Å². The lowest BCUT2D eigenvalue weighted by atomic mass is 9.91. The molecule has 3 rings (SSSR count). The number of carbonyl (C=O) groups excluding carboxylic acids is 1. The second-order valence-corrected chi connectivity index (χ2v) is 8.11. The van der Waals surface area contributed by atoms with Gasteiger partial charge in [-0.3, -0.25) is 9.78 Å². The number of rotatable bonds is 6.